The predicted octanol–water partition coefficient (Wildman–Crippen LogP) is 4.38. The third-order valence-corrected chi connectivity index (χ3v) is 6.80. The van der Waals surface area contributed by atoms with Gasteiger partial charge >= 0.3 is 0 Å². The molecule has 0 N–H and O–H groups in total. The van der Waals surface area contributed by atoms with Crippen LogP contribution in [0.2, 0.25) is 0 Å². The van der Waals surface area contributed by atoms with Gasteiger partial charge in [-0.1, -0.05) is 52.9 Å². The maximum Gasteiger partial charge on any atom is 0.231 e. The van der Waals surface area contributed by atoms with Crippen LogP contribution in [0.15, 0.2) is 0 Å². The fraction of sp³-hybridized carbons (Fsp3) is 0.850. The third kappa shape index (κ3) is 2.53. The Morgan fingerprint density at radius 2 is 1.88 bits per heavy atom. The number of amides is 1. The molecule has 2 aliphatic carbocycles. The summed E-state index contributed by atoms with van der Waals surface area (Å²) in [7, 11) is 0. The molecule has 2 fully saturated rings. The van der Waals surface area contributed by atoms with Crippen LogP contribution in [0.25, 0.3) is 0 Å². The first-order valence-electron chi connectivity index (χ1n) is 10.4. The van der Waals surface area contributed by atoms with E-state index in [1.54, 1.807) is 0 Å². The Morgan fingerprint density at radius 3 is 2.56 bits per heavy atom. The number of aromatic nitrogens is 3. The maximum absolute atomic E-state index is 12.9. The van der Waals surface area contributed by atoms with Crippen molar-refractivity contribution < 1.29 is 4.79 Å². The third-order valence-electron chi connectivity index (χ3n) is 6.80. The zero-order valence-corrected chi connectivity index (χ0v) is 16.0. The van der Waals surface area contributed by atoms with E-state index in [4.69, 9.17) is 10.1 Å². The smallest absolute Gasteiger partial charge is 0.231 e. The van der Waals surface area contributed by atoms with Crippen molar-refractivity contribution in [1.29, 1.82) is 0 Å². The number of nitrogens with zero attached hydrogens (tertiary/aromatic N) is 4. The number of hydrogen-bond donors (Lipinski definition) is 0. The monoisotopic (exact) mass is 344 g/mol. The topological polar surface area (TPSA) is 51.0 Å². The molecule has 2 saturated carbocycles. The standard InChI is InChI=1S/C20H32N4O/c1-4-17(25)23-16-11-7-6-10-15(16)20(12-8-5-9-13-20)24-19(23)21-18(22-24)14(2)3/h14-16H,4-13H2,1-3H3. The molecule has 1 aromatic heterocycles. The van der Waals surface area contributed by atoms with Crippen LogP contribution in [0.5, 0.6) is 0 Å². The number of fused-ring (bicyclic) bond motifs is 4. The highest BCUT2D eigenvalue weighted by atomic mass is 16.2. The molecule has 4 rings (SSSR count). The second-order valence-electron chi connectivity index (χ2n) is 8.58. The van der Waals surface area contributed by atoms with E-state index in [1.165, 1.54) is 51.4 Å². The van der Waals surface area contributed by atoms with E-state index in [0.29, 0.717) is 24.3 Å². The van der Waals surface area contributed by atoms with E-state index in [0.717, 1.165) is 18.2 Å². The zero-order chi connectivity index (χ0) is 17.6. The van der Waals surface area contributed by atoms with Gasteiger partial charge in [-0.2, -0.15) is 10.1 Å². The minimum absolute atomic E-state index is 0.101. The fourth-order valence-electron chi connectivity index (χ4n) is 5.58. The molecule has 138 valence electrons. The molecule has 3 aliphatic rings. The quantitative estimate of drug-likeness (QED) is 0.800. The molecule has 2 heterocycles. The molecular weight excluding hydrogens is 312 g/mol. The first-order chi connectivity index (χ1) is 12.1. The van der Waals surface area contributed by atoms with Crippen LogP contribution in [0, 0.1) is 5.92 Å². The Balaban J connectivity index is 1.89. The molecule has 0 radical (unpaired) electrons. The van der Waals surface area contributed by atoms with Gasteiger partial charge in [-0.25, -0.2) is 4.68 Å². The molecule has 2 unspecified atom stereocenters. The van der Waals surface area contributed by atoms with E-state index in [-0.39, 0.29) is 11.4 Å². The average Bonchev–Trinajstić information content (AvgIpc) is 3.09. The summed E-state index contributed by atoms with van der Waals surface area (Å²) in [5.74, 6) is 2.80. The fourth-order valence-corrected chi connectivity index (χ4v) is 5.58. The normalized spacial score (nSPS) is 28.1. The lowest BCUT2D eigenvalue weighted by Crippen LogP contribution is -2.61. The SMILES string of the molecule is CCC(=O)N1c2nc(C(C)C)nn2C2(CCCCC2)C2CCCCC21. The van der Waals surface area contributed by atoms with Crippen LogP contribution in [-0.2, 0) is 10.3 Å². The van der Waals surface area contributed by atoms with Gasteiger partial charge in [0.25, 0.3) is 0 Å². The van der Waals surface area contributed by atoms with E-state index >= 15 is 0 Å². The summed E-state index contributed by atoms with van der Waals surface area (Å²) in [5, 5.41) is 5.00. The summed E-state index contributed by atoms with van der Waals surface area (Å²) in [4.78, 5) is 19.8. The molecule has 25 heavy (non-hydrogen) atoms. The average molecular weight is 345 g/mol. The summed E-state index contributed by atoms with van der Waals surface area (Å²) in [6.07, 6.45) is 11.7. The van der Waals surface area contributed by atoms with Crippen molar-refractivity contribution >= 4 is 11.9 Å². The van der Waals surface area contributed by atoms with Crippen molar-refractivity contribution in [1.82, 2.24) is 14.8 Å². The van der Waals surface area contributed by atoms with Crippen molar-refractivity contribution in [3.05, 3.63) is 5.82 Å². The zero-order valence-electron chi connectivity index (χ0n) is 16.0. The molecule has 5 heteroatoms. The lowest BCUT2D eigenvalue weighted by atomic mass is 9.64. The van der Waals surface area contributed by atoms with Crippen molar-refractivity contribution in [3.63, 3.8) is 0 Å². The van der Waals surface area contributed by atoms with Gasteiger partial charge in [-0.3, -0.25) is 9.69 Å². The lowest BCUT2D eigenvalue weighted by molar-refractivity contribution is -0.120. The van der Waals surface area contributed by atoms with Gasteiger partial charge in [0.05, 0.1) is 5.54 Å². The molecule has 1 spiro atoms. The number of carbonyl (C=O) groups is 1. The highest BCUT2D eigenvalue weighted by molar-refractivity contribution is 5.92. The number of rotatable bonds is 2. The number of hydrogen-bond acceptors (Lipinski definition) is 3. The Hall–Kier alpha value is -1.39. The molecule has 2 atom stereocenters. The Bertz CT molecular complexity index is 644. The van der Waals surface area contributed by atoms with Gasteiger partial charge in [0, 0.05) is 24.3 Å². The van der Waals surface area contributed by atoms with Gasteiger partial charge in [-0.05, 0) is 25.7 Å². The van der Waals surface area contributed by atoms with Crippen LogP contribution in [0.1, 0.15) is 96.7 Å². The van der Waals surface area contributed by atoms with E-state index < -0.39 is 0 Å². The van der Waals surface area contributed by atoms with Crippen molar-refractivity contribution in [3.8, 4) is 0 Å². The lowest BCUT2D eigenvalue weighted by Gasteiger charge is -2.55. The molecule has 1 amide bonds. The Labute approximate surface area is 151 Å². The molecular formula is C20H32N4O. The highest BCUT2D eigenvalue weighted by Crippen LogP contribution is 2.52. The van der Waals surface area contributed by atoms with Crippen LogP contribution >= 0.6 is 0 Å². The molecule has 1 aliphatic heterocycles. The second kappa shape index (κ2) is 6.40. The summed E-state index contributed by atoms with van der Waals surface area (Å²) in [6, 6.07) is 0.330. The largest absolute Gasteiger partial charge is 0.277 e. The molecule has 0 bridgehead atoms. The Kier molecular flexibility index (Phi) is 4.37. The molecule has 1 aromatic rings. The van der Waals surface area contributed by atoms with Crippen molar-refractivity contribution in [2.24, 2.45) is 5.92 Å². The molecule has 0 aromatic carbocycles. The number of carbonyl (C=O) groups excluding carboxylic acids is 1. The van der Waals surface area contributed by atoms with E-state index in [2.05, 4.69) is 18.5 Å². The summed E-state index contributed by atoms with van der Waals surface area (Å²) in [6.45, 7) is 6.26. The first kappa shape index (κ1) is 17.0. The van der Waals surface area contributed by atoms with Gasteiger partial charge in [0.15, 0.2) is 5.82 Å². The van der Waals surface area contributed by atoms with Gasteiger partial charge < -0.3 is 0 Å². The second-order valence-corrected chi connectivity index (χ2v) is 8.58. The predicted molar refractivity (Wildman–Crippen MR) is 98.7 cm³/mol. The minimum Gasteiger partial charge on any atom is -0.277 e. The van der Waals surface area contributed by atoms with Crippen LogP contribution in [-0.4, -0.2) is 26.7 Å². The summed E-state index contributed by atoms with van der Waals surface area (Å²) >= 11 is 0. The first-order valence-corrected chi connectivity index (χ1v) is 10.4. The van der Waals surface area contributed by atoms with E-state index in [1.807, 2.05) is 11.8 Å². The summed E-state index contributed by atoms with van der Waals surface area (Å²) < 4.78 is 2.22. The van der Waals surface area contributed by atoms with Gasteiger partial charge in [0.2, 0.25) is 11.9 Å². The maximum atomic E-state index is 12.9. The highest BCUT2D eigenvalue weighted by Gasteiger charge is 2.54. The van der Waals surface area contributed by atoms with Crippen LogP contribution in [0.4, 0.5) is 5.95 Å². The van der Waals surface area contributed by atoms with Crippen molar-refractivity contribution in [2.75, 3.05) is 4.90 Å². The van der Waals surface area contributed by atoms with Gasteiger partial charge in [-0.15, -0.1) is 0 Å². The minimum atomic E-state index is 0.101. The molecule has 5 nitrogen and oxygen atoms in total. The summed E-state index contributed by atoms with van der Waals surface area (Å²) in [5.41, 5.74) is 0.101. The Morgan fingerprint density at radius 1 is 1.16 bits per heavy atom. The molecule has 0 saturated heterocycles. The van der Waals surface area contributed by atoms with Crippen molar-refractivity contribution in [2.45, 2.75) is 102 Å². The van der Waals surface area contributed by atoms with E-state index in [9.17, 15) is 4.79 Å². The van der Waals surface area contributed by atoms with Crippen LogP contribution < -0.4 is 4.90 Å². The van der Waals surface area contributed by atoms with Gasteiger partial charge in [0.1, 0.15) is 0 Å². The number of anilines is 1. The van der Waals surface area contributed by atoms with Crippen LogP contribution in [0.3, 0.4) is 0 Å².